The van der Waals surface area contributed by atoms with E-state index in [1.807, 2.05) is 13.8 Å². The minimum atomic E-state index is -0.250. The van der Waals surface area contributed by atoms with E-state index < -0.39 is 0 Å². The lowest BCUT2D eigenvalue weighted by atomic mass is 10.0. The molecule has 0 aliphatic heterocycles. The van der Waals surface area contributed by atoms with Gasteiger partial charge in [0, 0.05) is 6.20 Å². The SMILES string of the molecule is Cc1noc2ncc(C(=O)NC(CO)CC(C)C)cc12. The van der Waals surface area contributed by atoms with Gasteiger partial charge in [0.2, 0.25) is 0 Å². The van der Waals surface area contributed by atoms with Crippen molar-refractivity contribution >= 4 is 17.0 Å². The monoisotopic (exact) mass is 277 g/mol. The number of aliphatic hydroxyl groups is 1. The Morgan fingerprint density at radius 2 is 2.25 bits per heavy atom. The number of carbonyl (C=O) groups excluding carboxylic acids is 1. The summed E-state index contributed by atoms with van der Waals surface area (Å²) in [6.45, 7) is 5.81. The van der Waals surface area contributed by atoms with Crippen molar-refractivity contribution in [3.8, 4) is 0 Å². The molecule has 2 aromatic heterocycles. The lowest BCUT2D eigenvalue weighted by molar-refractivity contribution is 0.0908. The molecule has 1 unspecified atom stereocenters. The summed E-state index contributed by atoms with van der Waals surface area (Å²) in [5.74, 6) is 0.146. The number of pyridine rings is 1. The van der Waals surface area contributed by atoms with E-state index in [0.29, 0.717) is 22.9 Å². The number of fused-ring (bicyclic) bond motifs is 1. The van der Waals surface area contributed by atoms with E-state index in [1.165, 1.54) is 6.20 Å². The van der Waals surface area contributed by atoms with Gasteiger partial charge in [0.15, 0.2) is 0 Å². The van der Waals surface area contributed by atoms with Crippen LogP contribution >= 0.6 is 0 Å². The highest BCUT2D eigenvalue weighted by Crippen LogP contribution is 2.17. The van der Waals surface area contributed by atoms with Crippen LogP contribution in [-0.4, -0.2) is 33.8 Å². The quantitative estimate of drug-likeness (QED) is 0.867. The summed E-state index contributed by atoms with van der Waals surface area (Å²) in [6.07, 6.45) is 2.18. The van der Waals surface area contributed by atoms with Crippen molar-refractivity contribution in [3.05, 3.63) is 23.5 Å². The third-order valence-electron chi connectivity index (χ3n) is 3.08. The molecule has 0 radical (unpaired) electrons. The van der Waals surface area contributed by atoms with Gasteiger partial charge >= 0.3 is 0 Å². The molecule has 0 spiro atoms. The maximum atomic E-state index is 12.2. The number of hydrogen-bond donors (Lipinski definition) is 2. The van der Waals surface area contributed by atoms with Crippen LogP contribution in [0.4, 0.5) is 0 Å². The van der Waals surface area contributed by atoms with E-state index in [2.05, 4.69) is 15.5 Å². The van der Waals surface area contributed by atoms with Crippen molar-refractivity contribution < 1.29 is 14.4 Å². The highest BCUT2D eigenvalue weighted by molar-refractivity contribution is 5.97. The molecule has 0 aliphatic carbocycles. The average molecular weight is 277 g/mol. The molecule has 20 heavy (non-hydrogen) atoms. The Morgan fingerprint density at radius 1 is 1.50 bits per heavy atom. The molecule has 0 aromatic carbocycles. The second kappa shape index (κ2) is 6.00. The zero-order valence-electron chi connectivity index (χ0n) is 11.9. The van der Waals surface area contributed by atoms with Crippen molar-refractivity contribution in [2.45, 2.75) is 33.2 Å². The number of nitrogens with zero attached hydrogens (tertiary/aromatic N) is 2. The third-order valence-corrected chi connectivity index (χ3v) is 3.08. The molecule has 6 heteroatoms. The van der Waals surface area contributed by atoms with Crippen LogP contribution in [0, 0.1) is 12.8 Å². The predicted molar refractivity (Wildman–Crippen MR) is 74.3 cm³/mol. The van der Waals surface area contributed by atoms with Crippen LogP contribution in [0.1, 0.15) is 36.3 Å². The van der Waals surface area contributed by atoms with Gasteiger partial charge in [0.1, 0.15) is 0 Å². The Morgan fingerprint density at radius 3 is 2.90 bits per heavy atom. The highest BCUT2D eigenvalue weighted by atomic mass is 16.5. The molecule has 0 saturated carbocycles. The van der Waals surface area contributed by atoms with Crippen molar-refractivity contribution in [2.24, 2.45) is 5.92 Å². The van der Waals surface area contributed by atoms with E-state index in [9.17, 15) is 9.90 Å². The van der Waals surface area contributed by atoms with Gasteiger partial charge in [-0.2, -0.15) is 0 Å². The maximum absolute atomic E-state index is 12.2. The molecule has 6 nitrogen and oxygen atoms in total. The molecule has 2 aromatic rings. The lowest BCUT2D eigenvalue weighted by Crippen LogP contribution is -2.38. The topological polar surface area (TPSA) is 88.2 Å². The van der Waals surface area contributed by atoms with Gasteiger partial charge in [-0.15, -0.1) is 0 Å². The molecular formula is C14H19N3O3. The van der Waals surface area contributed by atoms with Crippen LogP contribution in [0.3, 0.4) is 0 Å². The molecule has 2 heterocycles. The van der Waals surface area contributed by atoms with Crippen LogP contribution in [0.25, 0.3) is 11.1 Å². The van der Waals surface area contributed by atoms with Gasteiger partial charge in [0.25, 0.3) is 11.6 Å². The molecule has 1 atom stereocenters. The highest BCUT2D eigenvalue weighted by Gasteiger charge is 2.16. The summed E-state index contributed by atoms with van der Waals surface area (Å²) in [7, 11) is 0. The summed E-state index contributed by atoms with van der Waals surface area (Å²) < 4.78 is 5.01. The van der Waals surface area contributed by atoms with Gasteiger partial charge < -0.3 is 14.9 Å². The Kier molecular flexibility index (Phi) is 4.34. The smallest absolute Gasteiger partial charge is 0.257 e. The van der Waals surface area contributed by atoms with Gasteiger partial charge in [-0.25, -0.2) is 4.98 Å². The van der Waals surface area contributed by atoms with Crippen molar-refractivity contribution in [3.63, 3.8) is 0 Å². The third kappa shape index (κ3) is 3.14. The summed E-state index contributed by atoms with van der Waals surface area (Å²) in [5.41, 5.74) is 1.55. The fourth-order valence-corrected chi connectivity index (χ4v) is 2.09. The summed E-state index contributed by atoms with van der Waals surface area (Å²) >= 11 is 0. The Bertz CT molecular complexity index is 607. The van der Waals surface area contributed by atoms with Crippen molar-refractivity contribution in [2.75, 3.05) is 6.61 Å². The van der Waals surface area contributed by atoms with Crippen LogP contribution in [-0.2, 0) is 0 Å². The molecule has 1 amide bonds. The summed E-state index contributed by atoms with van der Waals surface area (Å²) in [6, 6.07) is 1.45. The molecule has 0 aliphatic rings. The molecule has 2 N–H and O–H groups in total. The van der Waals surface area contributed by atoms with E-state index in [0.717, 1.165) is 11.8 Å². The van der Waals surface area contributed by atoms with Gasteiger partial charge in [-0.3, -0.25) is 4.79 Å². The normalized spacial score (nSPS) is 12.8. The molecule has 108 valence electrons. The second-order valence-corrected chi connectivity index (χ2v) is 5.33. The number of aromatic nitrogens is 2. The van der Waals surface area contributed by atoms with Crippen LogP contribution in [0.15, 0.2) is 16.8 Å². The molecule has 0 saturated heterocycles. The van der Waals surface area contributed by atoms with E-state index in [4.69, 9.17) is 4.52 Å². The molecule has 0 fully saturated rings. The molecular weight excluding hydrogens is 258 g/mol. The standard InChI is InChI=1S/C14H19N3O3/c1-8(2)4-11(7-18)16-13(19)10-5-12-9(3)17-20-14(12)15-6-10/h5-6,8,11,18H,4,7H2,1-3H3,(H,16,19). The van der Waals surface area contributed by atoms with E-state index in [-0.39, 0.29) is 18.6 Å². The maximum Gasteiger partial charge on any atom is 0.257 e. The Labute approximate surface area is 117 Å². The van der Waals surface area contributed by atoms with E-state index in [1.54, 1.807) is 13.0 Å². The number of amides is 1. The summed E-state index contributed by atoms with van der Waals surface area (Å²) in [5, 5.41) is 16.6. The van der Waals surface area contributed by atoms with Crippen molar-refractivity contribution in [1.82, 2.24) is 15.5 Å². The largest absolute Gasteiger partial charge is 0.394 e. The first kappa shape index (κ1) is 14.5. The van der Waals surface area contributed by atoms with Crippen LogP contribution in [0.5, 0.6) is 0 Å². The lowest BCUT2D eigenvalue weighted by Gasteiger charge is -2.18. The first-order chi connectivity index (χ1) is 9.51. The van der Waals surface area contributed by atoms with Gasteiger partial charge in [-0.05, 0) is 25.3 Å². The number of carbonyl (C=O) groups is 1. The second-order valence-electron chi connectivity index (χ2n) is 5.33. The van der Waals surface area contributed by atoms with Crippen LogP contribution in [0.2, 0.25) is 0 Å². The predicted octanol–water partition coefficient (Wildman–Crippen LogP) is 1.67. The van der Waals surface area contributed by atoms with Gasteiger partial charge in [0.05, 0.1) is 29.3 Å². The number of hydrogen-bond acceptors (Lipinski definition) is 5. The fourth-order valence-electron chi connectivity index (χ4n) is 2.09. The fraction of sp³-hybridized carbons (Fsp3) is 0.500. The minimum absolute atomic E-state index is 0.0775. The summed E-state index contributed by atoms with van der Waals surface area (Å²) in [4.78, 5) is 16.2. The first-order valence-electron chi connectivity index (χ1n) is 6.65. The van der Waals surface area contributed by atoms with Crippen molar-refractivity contribution in [1.29, 1.82) is 0 Å². The number of aliphatic hydroxyl groups excluding tert-OH is 1. The van der Waals surface area contributed by atoms with Crippen LogP contribution < -0.4 is 5.32 Å². The zero-order chi connectivity index (χ0) is 14.7. The Balaban J connectivity index is 2.15. The van der Waals surface area contributed by atoms with E-state index >= 15 is 0 Å². The zero-order valence-corrected chi connectivity index (χ0v) is 11.9. The first-order valence-corrected chi connectivity index (χ1v) is 6.65. The number of nitrogens with one attached hydrogen (secondary N) is 1. The minimum Gasteiger partial charge on any atom is -0.394 e. The average Bonchev–Trinajstić information content (AvgIpc) is 2.78. The Hall–Kier alpha value is -1.95. The number of aryl methyl sites for hydroxylation is 1. The van der Waals surface area contributed by atoms with Gasteiger partial charge in [-0.1, -0.05) is 19.0 Å². The molecule has 2 rings (SSSR count). The number of rotatable bonds is 5. The molecule has 0 bridgehead atoms.